The van der Waals surface area contributed by atoms with Crippen molar-refractivity contribution < 1.29 is 4.79 Å². The molecule has 0 bridgehead atoms. The van der Waals surface area contributed by atoms with E-state index in [9.17, 15) is 4.79 Å². The third-order valence-corrected chi connectivity index (χ3v) is 3.49. The Morgan fingerprint density at radius 3 is 2.46 bits per heavy atom. The molecule has 2 rings (SSSR count). The zero-order valence-electron chi connectivity index (χ0n) is 7.76. The zero-order valence-corrected chi connectivity index (χ0v) is 8.52. The highest BCUT2D eigenvalue weighted by Gasteiger charge is 2.51. The Labute approximate surface area is 84.0 Å². The number of hydrogen-bond acceptors (Lipinski definition) is 1. The van der Waals surface area contributed by atoms with Gasteiger partial charge in [0, 0.05) is 18.3 Å². The summed E-state index contributed by atoms with van der Waals surface area (Å²) < 4.78 is 0. The third kappa shape index (κ3) is 1.98. The van der Waals surface area contributed by atoms with Crippen molar-refractivity contribution >= 4 is 17.5 Å². The van der Waals surface area contributed by atoms with Gasteiger partial charge in [0.1, 0.15) is 0 Å². The van der Waals surface area contributed by atoms with E-state index in [1.54, 1.807) is 0 Å². The van der Waals surface area contributed by atoms with Gasteiger partial charge in [-0.3, -0.25) is 4.79 Å². The summed E-state index contributed by atoms with van der Waals surface area (Å²) in [5.41, 5.74) is 0. The first kappa shape index (κ1) is 9.32. The first-order chi connectivity index (χ1) is 6.33. The van der Waals surface area contributed by atoms with E-state index in [1.807, 2.05) is 0 Å². The second-order valence-electron chi connectivity index (χ2n) is 4.14. The van der Waals surface area contributed by atoms with Crippen molar-refractivity contribution in [3.05, 3.63) is 0 Å². The molecule has 2 aliphatic carbocycles. The monoisotopic (exact) mass is 201 g/mol. The second-order valence-corrected chi connectivity index (χ2v) is 4.52. The molecule has 2 aliphatic rings. The van der Waals surface area contributed by atoms with Gasteiger partial charge in [-0.1, -0.05) is 12.8 Å². The molecule has 1 N–H and O–H groups in total. The quantitative estimate of drug-likeness (QED) is 0.695. The maximum Gasteiger partial charge on any atom is 0.221 e. The van der Waals surface area contributed by atoms with Crippen molar-refractivity contribution in [2.75, 3.05) is 5.88 Å². The van der Waals surface area contributed by atoms with Gasteiger partial charge in [-0.25, -0.2) is 0 Å². The lowest BCUT2D eigenvalue weighted by atomic mass is 10.0. The fourth-order valence-electron chi connectivity index (χ4n) is 2.55. The normalized spacial score (nSPS) is 36.5. The molecule has 2 atom stereocenters. The van der Waals surface area contributed by atoms with Gasteiger partial charge in [-0.15, -0.1) is 11.6 Å². The largest absolute Gasteiger partial charge is 0.353 e. The van der Waals surface area contributed by atoms with Crippen LogP contribution in [-0.4, -0.2) is 17.8 Å². The smallest absolute Gasteiger partial charge is 0.221 e. The highest BCUT2D eigenvalue weighted by atomic mass is 35.5. The molecule has 0 aromatic heterocycles. The van der Waals surface area contributed by atoms with Gasteiger partial charge < -0.3 is 5.32 Å². The lowest BCUT2D eigenvalue weighted by Crippen LogP contribution is -2.27. The van der Waals surface area contributed by atoms with Crippen LogP contribution in [0.4, 0.5) is 0 Å². The molecule has 0 radical (unpaired) electrons. The molecule has 2 saturated carbocycles. The fraction of sp³-hybridized carbons (Fsp3) is 0.900. The summed E-state index contributed by atoms with van der Waals surface area (Å²) >= 11 is 5.49. The average molecular weight is 202 g/mol. The summed E-state index contributed by atoms with van der Waals surface area (Å²) in [7, 11) is 0. The molecule has 0 aromatic carbocycles. The van der Waals surface area contributed by atoms with E-state index >= 15 is 0 Å². The molecular weight excluding hydrogens is 186 g/mol. The van der Waals surface area contributed by atoms with Gasteiger partial charge in [0.15, 0.2) is 0 Å². The van der Waals surface area contributed by atoms with E-state index in [1.165, 1.54) is 25.7 Å². The molecular formula is C10H16ClNO. The van der Waals surface area contributed by atoms with Crippen molar-refractivity contribution in [1.29, 1.82) is 0 Å². The van der Waals surface area contributed by atoms with Crippen molar-refractivity contribution in [3.8, 4) is 0 Å². The second kappa shape index (κ2) is 3.87. The lowest BCUT2D eigenvalue weighted by Gasteiger charge is -2.04. The van der Waals surface area contributed by atoms with Crippen LogP contribution in [0.3, 0.4) is 0 Å². The molecule has 0 spiro atoms. The van der Waals surface area contributed by atoms with E-state index in [2.05, 4.69) is 5.32 Å². The van der Waals surface area contributed by atoms with Crippen molar-refractivity contribution in [1.82, 2.24) is 5.32 Å². The molecule has 0 saturated heterocycles. The van der Waals surface area contributed by atoms with Crippen LogP contribution in [0.15, 0.2) is 0 Å². The topological polar surface area (TPSA) is 29.1 Å². The maximum absolute atomic E-state index is 11.2. The van der Waals surface area contributed by atoms with E-state index in [4.69, 9.17) is 11.6 Å². The molecule has 2 nitrogen and oxygen atoms in total. The van der Waals surface area contributed by atoms with Gasteiger partial charge in [0.05, 0.1) is 0 Å². The predicted octanol–water partition coefficient (Wildman–Crippen LogP) is 1.92. The molecule has 0 aliphatic heterocycles. The Morgan fingerprint density at radius 2 is 1.92 bits per heavy atom. The maximum atomic E-state index is 11.2. The van der Waals surface area contributed by atoms with Gasteiger partial charge in [-0.05, 0) is 24.7 Å². The number of amides is 1. The average Bonchev–Trinajstić information content (AvgIpc) is 2.80. The van der Waals surface area contributed by atoms with E-state index < -0.39 is 0 Å². The van der Waals surface area contributed by atoms with Gasteiger partial charge >= 0.3 is 0 Å². The molecule has 0 aromatic rings. The summed E-state index contributed by atoms with van der Waals surface area (Å²) in [4.78, 5) is 11.2. The van der Waals surface area contributed by atoms with Crippen LogP contribution in [0.2, 0.25) is 0 Å². The molecule has 1 amide bonds. The Balaban J connectivity index is 1.75. The number of carbonyl (C=O) groups is 1. The fourth-order valence-corrected chi connectivity index (χ4v) is 2.72. The van der Waals surface area contributed by atoms with Crippen LogP contribution in [0.5, 0.6) is 0 Å². The first-order valence-electron chi connectivity index (χ1n) is 5.18. The number of hydrogen-bond donors (Lipinski definition) is 1. The molecule has 2 unspecified atom stereocenters. The number of halogens is 1. The summed E-state index contributed by atoms with van der Waals surface area (Å²) in [6.07, 6.45) is 5.80. The lowest BCUT2D eigenvalue weighted by molar-refractivity contribution is -0.120. The van der Waals surface area contributed by atoms with Crippen LogP contribution in [-0.2, 0) is 4.79 Å². The molecule has 13 heavy (non-hydrogen) atoms. The first-order valence-corrected chi connectivity index (χ1v) is 5.71. The number of rotatable bonds is 3. The molecule has 74 valence electrons. The van der Waals surface area contributed by atoms with E-state index in [0.29, 0.717) is 18.3 Å². The standard InChI is InChI=1S/C10H16ClNO/c11-6-5-9(13)12-10-7-3-1-2-4-8(7)10/h7-8,10H,1-6H2,(H,12,13). The van der Waals surface area contributed by atoms with Crippen molar-refractivity contribution in [2.45, 2.75) is 38.1 Å². The Bertz CT molecular complexity index is 195. The van der Waals surface area contributed by atoms with Gasteiger partial charge in [0.2, 0.25) is 5.91 Å². The number of nitrogens with one attached hydrogen (secondary N) is 1. The van der Waals surface area contributed by atoms with E-state index in [-0.39, 0.29) is 5.91 Å². The van der Waals surface area contributed by atoms with Gasteiger partial charge in [0.25, 0.3) is 0 Å². The van der Waals surface area contributed by atoms with Crippen molar-refractivity contribution in [3.63, 3.8) is 0 Å². The minimum absolute atomic E-state index is 0.134. The minimum atomic E-state index is 0.134. The van der Waals surface area contributed by atoms with Gasteiger partial charge in [-0.2, -0.15) is 0 Å². The Hall–Kier alpha value is -0.240. The predicted molar refractivity (Wildman–Crippen MR) is 52.7 cm³/mol. The molecule has 3 heteroatoms. The number of carbonyl (C=O) groups excluding carboxylic acids is 1. The SMILES string of the molecule is O=C(CCCl)NC1C2CCCCC21. The number of fused-ring (bicyclic) bond motifs is 1. The minimum Gasteiger partial charge on any atom is -0.353 e. The Morgan fingerprint density at radius 1 is 1.31 bits per heavy atom. The van der Waals surface area contributed by atoms with Crippen LogP contribution in [0, 0.1) is 11.8 Å². The summed E-state index contributed by atoms with van der Waals surface area (Å²) in [6, 6.07) is 0.498. The van der Waals surface area contributed by atoms with Crippen molar-refractivity contribution in [2.24, 2.45) is 11.8 Å². The van der Waals surface area contributed by atoms with Crippen LogP contribution < -0.4 is 5.32 Å². The summed E-state index contributed by atoms with van der Waals surface area (Å²) in [5, 5.41) is 3.07. The van der Waals surface area contributed by atoms with Crippen LogP contribution >= 0.6 is 11.6 Å². The third-order valence-electron chi connectivity index (χ3n) is 3.31. The highest BCUT2D eigenvalue weighted by molar-refractivity contribution is 6.18. The molecule has 0 heterocycles. The summed E-state index contributed by atoms with van der Waals surface area (Å²) in [6.45, 7) is 0. The van der Waals surface area contributed by atoms with Crippen LogP contribution in [0.25, 0.3) is 0 Å². The van der Waals surface area contributed by atoms with Crippen LogP contribution in [0.1, 0.15) is 32.1 Å². The Kier molecular flexibility index (Phi) is 2.77. The van der Waals surface area contributed by atoms with E-state index in [0.717, 1.165) is 11.8 Å². The number of alkyl halides is 1. The molecule has 2 fully saturated rings. The zero-order chi connectivity index (χ0) is 9.26. The summed E-state index contributed by atoms with van der Waals surface area (Å²) in [5.74, 6) is 2.17. The highest BCUT2D eigenvalue weighted by Crippen LogP contribution is 2.49.